The quantitative estimate of drug-likeness (QED) is 0.791. The molecule has 2 aliphatic heterocycles. The van der Waals surface area contributed by atoms with E-state index in [0.717, 1.165) is 11.8 Å². The molecule has 1 N–H and O–H groups in total. The van der Waals surface area contributed by atoms with Gasteiger partial charge in [-0.15, -0.1) is 0 Å². The Morgan fingerprint density at radius 2 is 2.12 bits per heavy atom. The second-order valence-corrected chi connectivity index (χ2v) is 6.66. The SMILES string of the molecule is CC1CCN(CC(C)(C)C2CCCNC2)C1. The molecule has 0 amide bonds. The Hall–Kier alpha value is -0.0800. The highest BCUT2D eigenvalue weighted by Crippen LogP contribution is 2.33. The minimum absolute atomic E-state index is 0.484. The van der Waals surface area contributed by atoms with Crippen LogP contribution in [0, 0.1) is 17.3 Å². The van der Waals surface area contributed by atoms with Crippen LogP contribution in [0.1, 0.15) is 40.0 Å². The third kappa shape index (κ3) is 2.98. The van der Waals surface area contributed by atoms with Crippen molar-refractivity contribution in [3.63, 3.8) is 0 Å². The number of hydrogen-bond acceptors (Lipinski definition) is 2. The summed E-state index contributed by atoms with van der Waals surface area (Å²) >= 11 is 0. The Labute approximate surface area is 101 Å². The lowest BCUT2D eigenvalue weighted by molar-refractivity contribution is 0.112. The molecule has 2 saturated heterocycles. The Morgan fingerprint density at radius 3 is 2.69 bits per heavy atom. The molecule has 0 aromatic rings. The molecule has 0 saturated carbocycles. The Bertz CT molecular complexity index is 219. The first-order valence-corrected chi connectivity index (χ1v) is 7.01. The van der Waals surface area contributed by atoms with Gasteiger partial charge < -0.3 is 10.2 Å². The van der Waals surface area contributed by atoms with E-state index in [4.69, 9.17) is 0 Å². The van der Waals surface area contributed by atoms with E-state index in [0.29, 0.717) is 5.41 Å². The lowest BCUT2D eigenvalue weighted by Crippen LogP contribution is -2.44. The predicted octanol–water partition coefficient (Wildman–Crippen LogP) is 2.35. The lowest BCUT2D eigenvalue weighted by atomic mass is 9.74. The minimum atomic E-state index is 0.484. The average molecular weight is 224 g/mol. The summed E-state index contributed by atoms with van der Waals surface area (Å²) in [6.45, 7) is 13.7. The fourth-order valence-corrected chi connectivity index (χ4v) is 3.39. The maximum atomic E-state index is 3.56. The molecule has 2 heteroatoms. The molecule has 2 fully saturated rings. The number of nitrogens with one attached hydrogen (secondary N) is 1. The molecule has 94 valence electrons. The summed E-state index contributed by atoms with van der Waals surface area (Å²) in [5, 5.41) is 3.56. The van der Waals surface area contributed by atoms with Crippen molar-refractivity contribution in [3.8, 4) is 0 Å². The monoisotopic (exact) mass is 224 g/mol. The largest absolute Gasteiger partial charge is 0.316 e. The van der Waals surface area contributed by atoms with Crippen molar-refractivity contribution in [3.05, 3.63) is 0 Å². The van der Waals surface area contributed by atoms with E-state index in [2.05, 4.69) is 31.0 Å². The molecule has 2 atom stereocenters. The summed E-state index contributed by atoms with van der Waals surface area (Å²) in [4.78, 5) is 2.68. The smallest absolute Gasteiger partial charge is 0.00359 e. The van der Waals surface area contributed by atoms with E-state index in [1.807, 2.05) is 0 Å². The van der Waals surface area contributed by atoms with Gasteiger partial charge in [-0.1, -0.05) is 20.8 Å². The number of rotatable bonds is 3. The van der Waals surface area contributed by atoms with Gasteiger partial charge in [-0.25, -0.2) is 0 Å². The summed E-state index contributed by atoms with van der Waals surface area (Å²) < 4.78 is 0. The molecule has 16 heavy (non-hydrogen) atoms. The van der Waals surface area contributed by atoms with E-state index in [1.165, 1.54) is 52.0 Å². The summed E-state index contributed by atoms with van der Waals surface area (Å²) in [7, 11) is 0. The van der Waals surface area contributed by atoms with Gasteiger partial charge in [0, 0.05) is 13.1 Å². The van der Waals surface area contributed by atoms with Crippen LogP contribution in [0.3, 0.4) is 0 Å². The summed E-state index contributed by atoms with van der Waals surface area (Å²) in [6, 6.07) is 0. The van der Waals surface area contributed by atoms with Crippen LogP contribution >= 0.6 is 0 Å². The molecule has 0 radical (unpaired) electrons. The molecule has 2 nitrogen and oxygen atoms in total. The minimum Gasteiger partial charge on any atom is -0.316 e. The topological polar surface area (TPSA) is 15.3 Å². The van der Waals surface area contributed by atoms with Crippen molar-refractivity contribution in [2.45, 2.75) is 40.0 Å². The van der Waals surface area contributed by atoms with E-state index in [-0.39, 0.29) is 0 Å². The number of nitrogens with zero attached hydrogens (tertiary/aromatic N) is 1. The van der Waals surface area contributed by atoms with Crippen LogP contribution in [-0.4, -0.2) is 37.6 Å². The van der Waals surface area contributed by atoms with Crippen molar-refractivity contribution in [1.29, 1.82) is 0 Å². The Balaban J connectivity index is 1.85. The Morgan fingerprint density at radius 1 is 1.31 bits per heavy atom. The highest BCUT2D eigenvalue weighted by molar-refractivity contribution is 4.87. The van der Waals surface area contributed by atoms with Gasteiger partial charge in [0.05, 0.1) is 0 Å². The number of likely N-dealkylation sites (tertiary alicyclic amines) is 1. The highest BCUT2D eigenvalue weighted by Gasteiger charge is 2.33. The maximum Gasteiger partial charge on any atom is 0.00359 e. The fourth-order valence-electron chi connectivity index (χ4n) is 3.39. The molecular weight excluding hydrogens is 196 g/mol. The zero-order valence-electron chi connectivity index (χ0n) is 11.3. The van der Waals surface area contributed by atoms with Gasteiger partial charge in [-0.2, -0.15) is 0 Å². The highest BCUT2D eigenvalue weighted by atomic mass is 15.1. The molecule has 2 aliphatic rings. The molecule has 0 aromatic carbocycles. The first kappa shape index (κ1) is 12.4. The fraction of sp³-hybridized carbons (Fsp3) is 1.00. The van der Waals surface area contributed by atoms with Crippen molar-refractivity contribution in [2.75, 3.05) is 32.7 Å². The molecule has 2 rings (SSSR count). The van der Waals surface area contributed by atoms with E-state index < -0.39 is 0 Å². The van der Waals surface area contributed by atoms with Gasteiger partial charge in [0.15, 0.2) is 0 Å². The van der Waals surface area contributed by atoms with Gasteiger partial charge in [-0.05, 0) is 56.1 Å². The molecule has 0 bridgehead atoms. The van der Waals surface area contributed by atoms with Crippen molar-refractivity contribution < 1.29 is 0 Å². The zero-order chi connectivity index (χ0) is 11.6. The maximum absolute atomic E-state index is 3.56. The number of piperidine rings is 1. The summed E-state index contributed by atoms with van der Waals surface area (Å²) in [5.74, 6) is 1.79. The van der Waals surface area contributed by atoms with Crippen LogP contribution < -0.4 is 5.32 Å². The third-order valence-electron chi connectivity index (χ3n) is 4.54. The van der Waals surface area contributed by atoms with E-state index >= 15 is 0 Å². The van der Waals surface area contributed by atoms with Crippen LogP contribution in [0.25, 0.3) is 0 Å². The first-order valence-electron chi connectivity index (χ1n) is 7.01. The second kappa shape index (κ2) is 5.05. The van der Waals surface area contributed by atoms with Gasteiger partial charge >= 0.3 is 0 Å². The van der Waals surface area contributed by atoms with Crippen LogP contribution in [0.4, 0.5) is 0 Å². The molecule has 2 heterocycles. The Kier molecular flexibility index (Phi) is 3.91. The summed E-state index contributed by atoms with van der Waals surface area (Å²) in [6.07, 6.45) is 4.19. The number of hydrogen-bond donors (Lipinski definition) is 1. The molecule has 2 unspecified atom stereocenters. The normalized spacial score (nSPS) is 33.2. The standard InChI is InChI=1S/C14H28N2/c1-12-6-8-16(10-12)11-14(2,3)13-5-4-7-15-9-13/h12-13,15H,4-11H2,1-3H3. The lowest BCUT2D eigenvalue weighted by Gasteiger charge is -2.40. The van der Waals surface area contributed by atoms with Gasteiger partial charge in [-0.3, -0.25) is 0 Å². The van der Waals surface area contributed by atoms with Gasteiger partial charge in [0.1, 0.15) is 0 Å². The van der Waals surface area contributed by atoms with Crippen LogP contribution in [-0.2, 0) is 0 Å². The zero-order valence-corrected chi connectivity index (χ0v) is 11.3. The van der Waals surface area contributed by atoms with Crippen molar-refractivity contribution in [2.24, 2.45) is 17.3 Å². The van der Waals surface area contributed by atoms with Gasteiger partial charge in [0.25, 0.3) is 0 Å². The molecule has 0 aromatic heterocycles. The van der Waals surface area contributed by atoms with E-state index in [9.17, 15) is 0 Å². The molecular formula is C14H28N2. The summed E-state index contributed by atoms with van der Waals surface area (Å²) in [5.41, 5.74) is 0.484. The van der Waals surface area contributed by atoms with Gasteiger partial charge in [0.2, 0.25) is 0 Å². The van der Waals surface area contributed by atoms with Crippen molar-refractivity contribution >= 4 is 0 Å². The van der Waals surface area contributed by atoms with Crippen LogP contribution in [0.15, 0.2) is 0 Å². The average Bonchev–Trinajstić information content (AvgIpc) is 2.64. The van der Waals surface area contributed by atoms with Crippen LogP contribution in [0.2, 0.25) is 0 Å². The van der Waals surface area contributed by atoms with E-state index in [1.54, 1.807) is 0 Å². The second-order valence-electron chi connectivity index (χ2n) is 6.66. The molecule has 0 spiro atoms. The molecule has 0 aliphatic carbocycles. The van der Waals surface area contributed by atoms with Crippen LogP contribution in [0.5, 0.6) is 0 Å². The first-order chi connectivity index (χ1) is 7.58. The predicted molar refractivity (Wildman–Crippen MR) is 69.6 cm³/mol. The van der Waals surface area contributed by atoms with Crippen molar-refractivity contribution in [1.82, 2.24) is 10.2 Å². The third-order valence-corrected chi connectivity index (χ3v) is 4.54.